The van der Waals surface area contributed by atoms with Crippen molar-refractivity contribution < 1.29 is 18.7 Å². The summed E-state index contributed by atoms with van der Waals surface area (Å²) < 4.78 is 25.7. The number of rotatable bonds is 3. The molecule has 1 N–H and O–H groups in total. The van der Waals surface area contributed by atoms with Crippen LogP contribution in [-0.4, -0.2) is 16.1 Å². The van der Waals surface area contributed by atoms with Gasteiger partial charge in [0.1, 0.15) is 3.70 Å². The molecule has 1 aromatic rings. The van der Waals surface area contributed by atoms with Gasteiger partial charge in [0.15, 0.2) is 0 Å². The van der Waals surface area contributed by atoms with Crippen molar-refractivity contribution in [2.24, 2.45) is 0 Å². The SMILES string of the molecule is O=C(O)Cc1nc(I)cc(C(F)F)c1I. The summed E-state index contributed by atoms with van der Waals surface area (Å²) in [5.74, 6) is -1.08. The zero-order valence-electron chi connectivity index (χ0n) is 7.18. The number of pyridine rings is 1. The van der Waals surface area contributed by atoms with Gasteiger partial charge in [0.2, 0.25) is 0 Å². The monoisotopic (exact) mass is 439 g/mol. The Labute approximate surface area is 112 Å². The third-order valence-corrected chi connectivity index (χ3v) is 3.38. The predicted molar refractivity (Wildman–Crippen MR) is 66.0 cm³/mol. The second-order valence-corrected chi connectivity index (χ2v) is 4.85. The van der Waals surface area contributed by atoms with Gasteiger partial charge in [-0.25, -0.2) is 13.8 Å². The molecule has 1 rings (SSSR count). The molecule has 15 heavy (non-hydrogen) atoms. The molecule has 82 valence electrons. The van der Waals surface area contributed by atoms with E-state index in [2.05, 4.69) is 4.98 Å². The van der Waals surface area contributed by atoms with Crippen LogP contribution in [0.2, 0.25) is 0 Å². The molecule has 0 saturated carbocycles. The Kier molecular flexibility index (Phi) is 4.62. The largest absolute Gasteiger partial charge is 0.481 e. The van der Waals surface area contributed by atoms with Crippen LogP contribution in [0.5, 0.6) is 0 Å². The van der Waals surface area contributed by atoms with Crippen molar-refractivity contribution in [2.75, 3.05) is 0 Å². The van der Waals surface area contributed by atoms with Crippen LogP contribution in [0.25, 0.3) is 0 Å². The van der Waals surface area contributed by atoms with E-state index in [0.717, 1.165) is 0 Å². The maximum Gasteiger partial charge on any atom is 0.309 e. The molecule has 0 aliphatic carbocycles. The number of nitrogens with zero attached hydrogens (tertiary/aromatic N) is 1. The fraction of sp³-hybridized carbons (Fsp3) is 0.250. The Morgan fingerprint density at radius 1 is 1.53 bits per heavy atom. The van der Waals surface area contributed by atoms with Crippen molar-refractivity contribution in [3.05, 3.63) is 24.6 Å². The zero-order chi connectivity index (χ0) is 11.6. The zero-order valence-corrected chi connectivity index (χ0v) is 11.5. The summed E-state index contributed by atoms with van der Waals surface area (Å²) in [6, 6.07) is 1.26. The lowest BCUT2D eigenvalue weighted by Crippen LogP contribution is -2.08. The van der Waals surface area contributed by atoms with Gasteiger partial charge in [-0.1, -0.05) is 0 Å². The number of hydrogen-bond donors (Lipinski definition) is 1. The Hall–Kier alpha value is -0.0600. The van der Waals surface area contributed by atoms with E-state index in [1.54, 1.807) is 45.2 Å². The van der Waals surface area contributed by atoms with Crippen LogP contribution < -0.4 is 0 Å². The standard InChI is InChI=1S/C8H5F2I2NO2/c9-8(10)3-1-5(11)13-4(7(3)12)2-6(14)15/h1,8H,2H2,(H,14,15). The Balaban J connectivity index is 3.21. The normalized spacial score (nSPS) is 10.7. The smallest absolute Gasteiger partial charge is 0.309 e. The first-order valence-corrected chi connectivity index (χ1v) is 5.92. The number of aromatic nitrogens is 1. The molecule has 7 heteroatoms. The lowest BCUT2D eigenvalue weighted by molar-refractivity contribution is -0.136. The molecule has 0 aromatic carbocycles. The first-order chi connectivity index (χ1) is 6.91. The molecule has 0 aliphatic heterocycles. The molecule has 0 saturated heterocycles. The summed E-state index contributed by atoms with van der Waals surface area (Å²) in [7, 11) is 0. The maximum absolute atomic E-state index is 12.5. The van der Waals surface area contributed by atoms with E-state index >= 15 is 0 Å². The molecular formula is C8H5F2I2NO2. The summed E-state index contributed by atoms with van der Waals surface area (Å²) >= 11 is 3.48. The molecule has 0 fully saturated rings. The first kappa shape index (κ1) is 13.0. The van der Waals surface area contributed by atoms with Gasteiger partial charge >= 0.3 is 5.97 Å². The molecule has 0 radical (unpaired) electrons. The molecule has 0 amide bonds. The van der Waals surface area contributed by atoms with Gasteiger partial charge in [0.05, 0.1) is 12.1 Å². The number of aliphatic carboxylic acids is 1. The van der Waals surface area contributed by atoms with E-state index < -0.39 is 12.4 Å². The van der Waals surface area contributed by atoms with Crippen molar-refractivity contribution >= 4 is 51.2 Å². The van der Waals surface area contributed by atoms with Gasteiger partial charge in [-0.3, -0.25) is 4.79 Å². The summed E-state index contributed by atoms with van der Waals surface area (Å²) in [4.78, 5) is 14.4. The van der Waals surface area contributed by atoms with E-state index in [9.17, 15) is 13.6 Å². The van der Waals surface area contributed by atoms with Crippen LogP contribution in [0, 0.1) is 7.27 Å². The summed E-state index contributed by atoms with van der Waals surface area (Å²) in [6.07, 6.45) is -2.95. The minimum absolute atomic E-state index is 0.161. The fourth-order valence-corrected chi connectivity index (χ4v) is 2.32. The van der Waals surface area contributed by atoms with Crippen LogP contribution >= 0.6 is 45.2 Å². The highest BCUT2D eigenvalue weighted by Gasteiger charge is 2.18. The van der Waals surface area contributed by atoms with Crippen molar-refractivity contribution in [2.45, 2.75) is 12.8 Å². The molecule has 0 aliphatic rings. The van der Waals surface area contributed by atoms with Crippen molar-refractivity contribution in [1.29, 1.82) is 0 Å². The van der Waals surface area contributed by atoms with Crippen LogP contribution in [0.4, 0.5) is 8.78 Å². The summed E-state index contributed by atoms with van der Waals surface area (Å²) in [5.41, 5.74) is 0.0246. The molecule has 0 unspecified atom stereocenters. The number of hydrogen-bond acceptors (Lipinski definition) is 2. The summed E-state index contributed by atoms with van der Waals surface area (Å²) in [5, 5.41) is 8.58. The first-order valence-electron chi connectivity index (χ1n) is 3.76. The van der Waals surface area contributed by atoms with Gasteiger partial charge < -0.3 is 5.11 Å². The van der Waals surface area contributed by atoms with Gasteiger partial charge in [0.25, 0.3) is 6.43 Å². The minimum Gasteiger partial charge on any atom is -0.481 e. The summed E-state index contributed by atoms with van der Waals surface area (Å²) in [6.45, 7) is 0. The third-order valence-electron chi connectivity index (χ3n) is 1.58. The lowest BCUT2D eigenvalue weighted by atomic mass is 10.2. The van der Waals surface area contributed by atoms with Gasteiger partial charge in [-0.15, -0.1) is 0 Å². The highest BCUT2D eigenvalue weighted by atomic mass is 127. The topological polar surface area (TPSA) is 50.2 Å². The van der Waals surface area contributed by atoms with E-state index in [1.165, 1.54) is 6.07 Å². The highest BCUT2D eigenvalue weighted by molar-refractivity contribution is 14.1. The van der Waals surface area contributed by atoms with Crippen LogP contribution in [0.1, 0.15) is 17.7 Å². The quantitative estimate of drug-likeness (QED) is 0.583. The number of alkyl halides is 2. The van der Waals surface area contributed by atoms with Gasteiger partial charge in [-0.05, 0) is 51.2 Å². The Bertz CT molecular complexity index is 398. The van der Waals surface area contributed by atoms with Gasteiger partial charge in [-0.2, -0.15) is 0 Å². The van der Waals surface area contributed by atoms with Crippen molar-refractivity contribution in [3.8, 4) is 0 Å². The Morgan fingerprint density at radius 2 is 2.13 bits per heavy atom. The molecule has 0 atom stereocenters. The molecule has 3 nitrogen and oxygen atoms in total. The lowest BCUT2D eigenvalue weighted by Gasteiger charge is -2.08. The van der Waals surface area contributed by atoms with Crippen molar-refractivity contribution in [1.82, 2.24) is 4.98 Å². The fourth-order valence-electron chi connectivity index (χ4n) is 0.988. The number of carboxylic acids is 1. The predicted octanol–water partition coefficient (Wildman–Crippen LogP) is 2.86. The molecule has 0 bridgehead atoms. The minimum atomic E-state index is -2.61. The van der Waals surface area contributed by atoms with E-state index in [0.29, 0.717) is 3.70 Å². The van der Waals surface area contributed by atoms with Crippen LogP contribution in [0.3, 0.4) is 0 Å². The molecular weight excluding hydrogens is 434 g/mol. The van der Waals surface area contributed by atoms with E-state index in [1.807, 2.05) is 0 Å². The molecule has 1 heterocycles. The van der Waals surface area contributed by atoms with E-state index in [-0.39, 0.29) is 21.2 Å². The second kappa shape index (κ2) is 5.32. The number of halogens is 4. The number of carbonyl (C=O) groups is 1. The average molecular weight is 439 g/mol. The van der Waals surface area contributed by atoms with Crippen LogP contribution in [-0.2, 0) is 11.2 Å². The average Bonchev–Trinajstić information content (AvgIpc) is 2.09. The highest BCUT2D eigenvalue weighted by Crippen LogP contribution is 2.27. The molecule has 0 spiro atoms. The van der Waals surface area contributed by atoms with Gasteiger partial charge in [0, 0.05) is 9.13 Å². The van der Waals surface area contributed by atoms with Crippen molar-refractivity contribution in [3.63, 3.8) is 0 Å². The Morgan fingerprint density at radius 3 is 2.60 bits per heavy atom. The maximum atomic E-state index is 12.5. The second-order valence-electron chi connectivity index (χ2n) is 2.67. The van der Waals surface area contributed by atoms with Crippen LogP contribution in [0.15, 0.2) is 6.07 Å². The van der Waals surface area contributed by atoms with E-state index in [4.69, 9.17) is 5.11 Å². The molecule has 1 aromatic heterocycles. The third kappa shape index (κ3) is 3.47. The number of carboxylic acid groups (broad SMARTS) is 1.